The molecule has 14 heavy (non-hydrogen) atoms. The van der Waals surface area contributed by atoms with Gasteiger partial charge < -0.3 is 15.8 Å². The van der Waals surface area contributed by atoms with Crippen LogP contribution in [0, 0.1) is 11.3 Å². The fraction of sp³-hybridized carbons (Fsp3) is 0.889. The van der Waals surface area contributed by atoms with Gasteiger partial charge in [-0.3, -0.25) is 0 Å². The van der Waals surface area contributed by atoms with Gasteiger partial charge in [-0.05, 0) is 5.41 Å². The summed E-state index contributed by atoms with van der Waals surface area (Å²) in [6.07, 6.45) is -0.752. The third-order valence-corrected chi connectivity index (χ3v) is 2.34. The number of carbonyl (C=O) groups excluding carboxylic acids is 1. The highest BCUT2D eigenvalue weighted by Crippen LogP contribution is 2.30. The average Bonchev–Trinajstić information content (AvgIpc) is 1.78. The zero-order valence-electron chi connectivity index (χ0n) is 8.87. The number of nitrogens with one attached hydrogen (secondary N) is 1. The quantitative estimate of drug-likeness (QED) is 0.737. The molecule has 84 valence electrons. The van der Waals surface area contributed by atoms with Gasteiger partial charge in [-0.1, -0.05) is 20.8 Å². The first kappa shape index (κ1) is 13.5. The lowest BCUT2D eigenvalue weighted by molar-refractivity contribution is -0.0195. The number of primary amides is 1. The smallest absolute Gasteiger partial charge is 0.404 e. The molecule has 0 radical (unpaired) electrons. The van der Waals surface area contributed by atoms with Gasteiger partial charge in [-0.25, -0.2) is 4.79 Å². The molecule has 1 fully saturated rings. The third kappa shape index (κ3) is 3.35. The highest BCUT2D eigenvalue weighted by molar-refractivity contribution is 5.85. The molecule has 1 atom stereocenters. The van der Waals surface area contributed by atoms with Gasteiger partial charge in [-0.15, -0.1) is 12.4 Å². The second-order valence-corrected chi connectivity index (χ2v) is 4.64. The van der Waals surface area contributed by atoms with Crippen LogP contribution in [0.4, 0.5) is 4.79 Å². The van der Waals surface area contributed by atoms with E-state index in [0.29, 0.717) is 5.92 Å². The molecular weight excluding hydrogens is 204 g/mol. The Morgan fingerprint density at radius 1 is 1.50 bits per heavy atom. The zero-order chi connectivity index (χ0) is 10.1. The molecule has 0 aromatic rings. The van der Waals surface area contributed by atoms with Gasteiger partial charge in [0.05, 0.1) is 0 Å². The topological polar surface area (TPSA) is 64.3 Å². The predicted octanol–water partition coefficient (Wildman–Crippen LogP) is 1.14. The van der Waals surface area contributed by atoms with Gasteiger partial charge in [0.15, 0.2) is 0 Å². The first-order chi connectivity index (χ1) is 5.91. The molecule has 1 unspecified atom stereocenters. The molecule has 0 aliphatic carbocycles. The van der Waals surface area contributed by atoms with E-state index in [9.17, 15) is 4.79 Å². The fourth-order valence-electron chi connectivity index (χ4n) is 1.63. The van der Waals surface area contributed by atoms with Crippen LogP contribution in [0.5, 0.6) is 0 Å². The Hall–Kier alpha value is -0.480. The van der Waals surface area contributed by atoms with Crippen LogP contribution >= 0.6 is 12.4 Å². The summed E-state index contributed by atoms with van der Waals surface area (Å²) in [6, 6.07) is 0. The molecule has 1 saturated heterocycles. The molecule has 1 aliphatic heterocycles. The maximum absolute atomic E-state index is 10.7. The second-order valence-electron chi connectivity index (χ2n) is 4.64. The van der Waals surface area contributed by atoms with E-state index >= 15 is 0 Å². The highest BCUT2D eigenvalue weighted by Gasteiger charge is 2.38. The van der Waals surface area contributed by atoms with Gasteiger partial charge >= 0.3 is 6.09 Å². The van der Waals surface area contributed by atoms with E-state index in [1.54, 1.807) is 0 Å². The molecule has 0 aromatic carbocycles. The number of carbonyl (C=O) groups is 1. The number of ether oxygens (including phenoxy) is 1. The largest absolute Gasteiger partial charge is 0.445 e. The van der Waals surface area contributed by atoms with Crippen LogP contribution in [0.3, 0.4) is 0 Å². The van der Waals surface area contributed by atoms with E-state index in [-0.39, 0.29) is 23.9 Å². The minimum Gasteiger partial charge on any atom is -0.445 e. The molecule has 3 N–H and O–H groups in total. The Morgan fingerprint density at radius 2 is 2.00 bits per heavy atom. The van der Waals surface area contributed by atoms with E-state index in [2.05, 4.69) is 26.1 Å². The lowest BCUT2D eigenvalue weighted by atomic mass is 9.78. The van der Waals surface area contributed by atoms with Crippen molar-refractivity contribution in [3.05, 3.63) is 0 Å². The Balaban J connectivity index is 0.00000169. The Labute approximate surface area is 91.0 Å². The Morgan fingerprint density at radius 3 is 2.21 bits per heavy atom. The molecular formula is C9H19ClN2O2. The van der Waals surface area contributed by atoms with Crippen LogP contribution in [0.2, 0.25) is 0 Å². The molecule has 1 aliphatic rings. The number of rotatable bonds is 2. The molecule has 1 amide bonds. The van der Waals surface area contributed by atoms with Gasteiger partial charge in [0, 0.05) is 19.0 Å². The highest BCUT2D eigenvalue weighted by atomic mass is 35.5. The number of nitrogens with two attached hydrogens (primary N) is 1. The first-order valence-electron chi connectivity index (χ1n) is 4.58. The minimum absolute atomic E-state index is 0. The van der Waals surface area contributed by atoms with Crippen LogP contribution in [-0.4, -0.2) is 25.3 Å². The summed E-state index contributed by atoms with van der Waals surface area (Å²) >= 11 is 0. The summed E-state index contributed by atoms with van der Waals surface area (Å²) in [6.45, 7) is 7.99. The zero-order valence-corrected chi connectivity index (χ0v) is 9.69. The average molecular weight is 223 g/mol. The van der Waals surface area contributed by atoms with Gasteiger partial charge in [0.25, 0.3) is 0 Å². The van der Waals surface area contributed by atoms with Gasteiger partial charge in [-0.2, -0.15) is 0 Å². The summed E-state index contributed by atoms with van der Waals surface area (Å²) < 4.78 is 5.12. The Kier molecular flexibility index (Phi) is 4.68. The monoisotopic (exact) mass is 222 g/mol. The van der Waals surface area contributed by atoms with Crippen molar-refractivity contribution in [2.75, 3.05) is 13.1 Å². The van der Waals surface area contributed by atoms with E-state index in [1.165, 1.54) is 0 Å². The predicted molar refractivity (Wildman–Crippen MR) is 57.5 cm³/mol. The van der Waals surface area contributed by atoms with Crippen LogP contribution in [0.15, 0.2) is 0 Å². The van der Waals surface area contributed by atoms with Crippen LogP contribution in [-0.2, 0) is 4.74 Å². The van der Waals surface area contributed by atoms with Crippen molar-refractivity contribution in [3.63, 3.8) is 0 Å². The summed E-state index contributed by atoms with van der Waals surface area (Å²) in [4.78, 5) is 10.7. The van der Waals surface area contributed by atoms with Crippen molar-refractivity contribution in [3.8, 4) is 0 Å². The third-order valence-electron chi connectivity index (χ3n) is 2.34. The first-order valence-corrected chi connectivity index (χ1v) is 4.58. The summed E-state index contributed by atoms with van der Waals surface area (Å²) in [5, 5.41) is 3.15. The van der Waals surface area contributed by atoms with E-state index in [0.717, 1.165) is 13.1 Å². The van der Waals surface area contributed by atoms with Crippen LogP contribution in [0.25, 0.3) is 0 Å². The number of hydrogen-bond acceptors (Lipinski definition) is 3. The standard InChI is InChI=1S/C9H18N2O2.ClH/c1-9(2,3)7(13-8(10)12)6-4-11-5-6;/h6-7,11H,4-5H2,1-3H3,(H2,10,12);1H. The van der Waals surface area contributed by atoms with Crippen LogP contribution in [0.1, 0.15) is 20.8 Å². The lowest BCUT2D eigenvalue weighted by Crippen LogP contribution is -2.54. The lowest BCUT2D eigenvalue weighted by Gasteiger charge is -2.40. The number of amides is 1. The van der Waals surface area contributed by atoms with E-state index < -0.39 is 6.09 Å². The molecule has 5 heteroatoms. The maximum atomic E-state index is 10.7. The molecule has 0 spiro atoms. The molecule has 0 saturated carbocycles. The summed E-state index contributed by atoms with van der Waals surface area (Å²) in [5.41, 5.74) is 4.99. The van der Waals surface area contributed by atoms with E-state index in [1.807, 2.05) is 0 Å². The van der Waals surface area contributed by atoms with Crippen molar-refractivity contribution >= 4 is 18.5 Å². The Bertz CT molecular complexity index is 199. The van der Waals surface area contributed by atoms with Gasteiger partial charge in [0.1, 0.15) is 6.10 Å². The van der Waals surface area contributed by atoms with Crippen molar-refractivity contribution < 1.29 is 9.53 Å². The SMILES string of the molecule is CC(C)(C)C(OC(N)=O)C1CNC1.Cl. The normalized spacial score (nSPS) is 19.1. The minimum atomic E-state index is -0.674. The van der Waals surface area contributed by atoms with Crippen molar-refractivity contribution in [2.24, 2.45) is 17.1 Å². The van der Waals surface area contributed by atoms with Crippen LogP contribution < -0.4 is 11.1 Å². The van der Waals surface area contributed by atoms with Crippen molar-refractivity contribution in [1.29, 1.82) is 0 Å². The maximum Gasteiger partial charge on any atom is 0.404 e. The molecule has 4 nitrogen and oxygen atoms in total. The van der Waals surface area contributed by atoms with Gasteiger partial charge in [0.2, 0.25) is 0 Å². The molecule has 0 aromatic heterocycles. The van der Waals surface area contributed by atoms with Crippen molar-refractivity contribution in [2.45, 2.75) is 26.9 Å². The summed E-state index contributed by atoms with van der Waals surface area (Å²) in [5.74, 6) is 0.410. The second kappa shape index (κ2) is 4.84. The summed E-state index contributed by atoms with van der Waals surface area (Å²) in [7, 11) is 0. The fourth-order valence-corrected chi connectivity index (χ4v) is 1.63. The number of hydrogen-bond donors (Lipinski definition) is 2. The molecule has 1 rings (SSSR count). The number of halogens is 1. The molecule has 1 heterocycles. The van der Waals surface area contributed by atoms with E-state index in [4.69, 9.17) is 10.5 Å². The molecule has 0 bridgehead atoms. The van der Waals surface area contributed by atoms with Crippen molar-refractivity contribution in [1.82, 2.24) is 5.32 Å².